The quantitative estimate of drug-likeness (QED) is 0.839. The van der Waals surface area contributed by atoms with Crippen LogP contribution in [0.25, 0.3) is 0 Å². The molecule has 2 atom stereocenters. The van der Waals surface area contributed by atoms with Crippen molar-refractivity contribution in [3.63, 3.8) is 0 Å². The van der Waals surface area contributed by atoms with Crippen LogP contribution in [-0.2, 0) is 16.0 Å². The summed E-state index contributed by atoms with van der Waals surface area (Å²) in [6, 6.07) is 0.220. The molecule has 2 bridgehead atoms. The summed E-state index contributed by atoms with van der Waals surface area (Å²) in [6.45, 7) is 4.17. The lowest BCUT2D eigenvalue weighted by molar-refractivity contribution is -0.141. The van der Waals surface area contributed by atoms with Gasteiger partial charge in [0.1, 0.15) is 0 Å². The van der Waals surface area contributed by atoms with Gasteiger partial charge in [0.05, 0.1) is 23.0 Å². The van der Waals surface area contributed by atoms with E-state index in [2.05, 4.69) is 9.88 Å². The molecule has 130 valence electrons. The SMILES string of the molecule is Cc1nc(CC(=O)N2C[C@H]3CC[C@@H](C2)N(CC2CCC2)C3=O)cs1. The summed E-state index contributed by atoms with van der Waals surface area (Å²) in [6.07, 6.45) is 6.16. The molecule has 1 aromatic rings. The van der Waals surface area contributed by atoms with Gasteiger partial charge in [0, 0.05) is 31.1 Å². The molecule has 2 amide bonds. The number of carbonyl (C=O) groups is 2. The summed E-state index contributed by atoms with van der Waals surface area (Å²) in [7, 11) is 0. The van der Waals surface area contributed by atoms with Crippen molar-refractivity contribution in [3.05, 3.63) is 16.1 Å². The molecule has 1 saturated carbocycles. The number of fused-ring (bicyclic) bond motifs is 4. The zero-order valence-corrected chi connectivity index (χ0v) is 15.1. The molecule has 3 saturated heterocycles. The van der Waals surface area contributed by atoms with Crippen LogP contribution < -0.4 is 0 Å². The van der Waals surface area contributed by atoms with Crippen molar-refractivity contribution in [2.75, 3.05) is 19.6 Å². The van der Waals surface area contributed by atoms with Crippen molar-refractivity contribution in [1.82, 2.24) is 14.8 Å². The van der Waals surface area contributed by atoms with Crippen LogP contribution in [0.4, 0.5) is 0 Å². The lowest BCUT2D eigenvalue weighted by Gasteiger charge is -2.40. The van der Waals surface area contributed by atoms with E-state index >= 15 is 0 Å². The largest absolute Gasteiger partial charge is 0.339 e. The summed E-state index contributed by atoms with van der Waals surface area (Å²) in [5.41, 5.74) is 0.858. The fourth-order valence-corrected chi connectivity index (χ4v) is 4.81. The Hall–Kier alpha value is -1.43. The van der Waals surface area contributed by atoms with E-state index in [1.165, 1.54) is 19.3 Å². The molecule has 0 aromatic carbocycles. The molecule has 0 N–H and O–H groups in total. The van der Waals surface area contributed by atoms with Crippen LogP contribution in [-0.4, -0.2) is 52.3 Å². The molecule has 24 heavy (non-hydrogen) atoms. The van der Waals surface area contributed by atoms with Crippen molar-refractivity contribution in [2.45, 2.75) is 51.5 Å². The number of aryl methyl sites for hydroxylation is 1. The zero-order chi connectivity index (χ0) is 16.7. The van der Waals surface area contributed by atoms with Crippen molar-refractivity contribution in [2.24, 2.45) is 11.8 Å². The first-order valence-corrected chi connectivity index (χ1v) is 9.97. The van der Waals surface area contributed by atoms with Crippen LogP contribution in [0.5, 0.6) is 0 Å². The van der Waals surface area contributed by atoms with Crippen LogP contribution in [0.3, 0.4) is 0 Å². The summed E-state index contributed by atoms with van der Waals surface area (Å²) >= 11 is 1.58. The Kier molecular flexibility index (Phi) is 4.33. The third kappa shape index (κ3) is 3.08. The molecule has 0 radical (unpaired) electrons. The van der Waals surface area contributed by atoms with E-state index in [0.717, 1.165) is 30.1 Å². The van der Waals surface area contributed by atoms with Crippen molar-refractivity contribution in [3.8, 4) is 0 Å². The Morgan fingerprint density at radius 3 is 2.79 bits per heavy atom. The van der Waals surface area contributed by atoms with Gasteiger partial charge in [0.15, 0.2) is 0 Å². The van der Waals surface area contributed by atoms with E-state index in [0.29, 0.717) is 25.4 Å². The van der Waals surface area contributed by atoms with Gasteiger partial charge in [0.2, 0.25) is 11.8 Å². The number of amides is 2. The Morgan fingerprint density at radius 1 is 1.29 bits per heavy atom. The maximum Gasteiger partial charge on any atom is 0.228 e. The number of nitrogens with zero attached hydrogens (tertiary/aromatic N) is 3. The van der Waals surface area contributed by atoms with E-state index in [1.807, 2.05) is 17.2 Å². The highest BCUT2D eigenvalue weighted by atomic mass is 32.1. The van der Waals surface area contributed by atoms with Gasteiger partial charge in [-0.15, -0.1) is 11.3 Å². The molecule has 0 spiro atoms. The van der Waals surface area contributed by atoms with Crippen LogP contribution >= 0.6 is 11.3 Å². The van der Waals surface area contributed by atoms with Gasteiger partial charge in [-0.05, 0) is 38.5 Å². The summed E-state index contributed by atoms with van der Waals surface area (Å²) in [5, 5.41) is 2.96. The van der Waals surface area contributed by atoms with Crippen LogP contribution in [0.2, 0.25) is 0 Å². The number of hydrogen-bond donors (Lipinski definition) is 0. The molecule has 4 fully saturated rings. The van der Waals surface area contributed by atoms with Gasteiger partial charge >= 0.3 is 0 Å². The van der Waals surface area contributed by atoms with Gasteiger partial charge in [-0.2, -0.15) is 0 Å². The number of aromatic nitrogens is 1. The number of rotatable bonds is 4. The van der Waals surface area contributed by atoms with Crippen molar-refractivity contribution < 1.29 is 9.59 Å². The third-order valence-electron chi connectivity index (χ3n) is 5.82. The molecule has 4 aliphatic rings. The zero-order valence-electron chi connectivity index (χ0n) is 14.2. The topological polar surface area (TPSA) is 53.5 Å². The minimum absolute atomic E-state index is 0.00458. The average molecular weight is 347 g/mol. The van der Waals surface area contributed by atoms with Crippen molar-refractivity contribution in [1.29, 1.82) is 0 Å². The maximum atomic E-state index is 12.8. The van der Waals surface area contributed by atoms with E-state index in [4.69, 9.17) is 0 Å². The number of hydrogen-bond acceptors (Lipinski definition) is 4. The van der Waals surface area contributed by atoms with Crippen LogP contribution in [0, 0.1) is 18.8 Å². The molecule has 1 aliphatic carbocycles. The summed E-state index contributed by atoms with van der Waals surface area (Å²) < 4.78 is 0. The molecule has 3 aliphatic heterocycles. The second-order valence-electron chi connectivity index (χ2n) is 7.55. The van der Waals surface area contributed by atoms with E-state index in [-0.39, 0.29) is 23.8 Å². The van der Waals surface area contributed by atoms with Crippen LogP contribution in [0.15, 0.2) is 5.38 Å². The minimum atomic E-state index is 0.00458. The van der Waals surface area contributed by atoms with Gasteiger partial charge in [-0.1, -0.05) is 6.42 Å². The number of piperidine rings is 1. The van der Waals surface area contributed by atoms with Gasteiger partial charge < -0.3 is 9.80 Å². The Bertz CT molecular complexity index is 640. The molecule has 6 heteroatoms. The second-order valence-corrected chi connectivity index (χ2v) is 8.61. The lowest BCUT2D eigenvalue weighted by atomic mass is 9.83. The van der Waals surface area contributed by atoms with E-state index in [9.17, 15) is 9.59 Å². The Balaban J connectivity index is 1.44. The first-order valence-electron chi connectivity index (χ1n) is 9.09. The van der Waals surface area contributed by atoms with Gasteiger partial charge in [-0.25, -0.2) is 4.98 Å². The average Bonchev–Trinajstić information content (AvgIpc) is 2.74. The molecule has 4 heterocycles. The molecular weight excluding hydrogens is 322 g/mol. The first-order chi connectivity index (χ1) is 11.6. The van der Waals surface area contributed by atoms with Gasteiger partial charge in [0.25, 0.3) is 0 Å². The fraction of sp³-hybridized carbons (Fsp3) is 0.722. The Morgan fingerprint density at radius 2 is 2.12 bits per heavy atom. The molecular formula is C18H25N3O2S. The monoisotopic (exact) mass is 347 g/mol. The molecule has 0 unspecified atom stereocenters. The third-order valence-corrected chi connectivity index (χ3v) is 6.65. The molecule has 5 nitrogen and oxygen atoms in total. The number of thiazole rings is 1. The van der Waals surface area contributed by atoms with Crippen LogP contribution in [0.1, 0.15) is 42.8 Å². The van der Waals surface area contributed by atoms with Crippen molar-refractivity contribution >= 4 is 23.2 Å². The highest BCUT2D eigenvalue weighted by molar-refractivity contribution is 7.09. The predicted molar refractivity (Wildman–Crippen MR) is 92.7 cm³/mol. The van der Waals surface area contributed by atoms with E-state index in [1.54, 1.807) is 11.3 Å². The highest BCUT2D eigenvalue weighted by Gasteiger charge is 2.42. The highest BCUT2D eigenvalue weighted by Crippen LogP contribution is 2.34. The van der Waals surface area contributed by atoms with Gasteiger partial charge in [-0.3, -0.25) is 9.59 Å². The maximum absolute atomic E-state index is 12.8. The molecule has 5 rings (SSSR count). The fourth-order valence-electron chi connectivity index (χ4n) is 4.19. The lowest BCUT2D eigenvalue weighted by Crippen LogP contribution is -2.50. The smallest absolute Gasteiger partial charge is 0.228 e. The Labute approximate surface area is 147 Å². The normalized spacial score (nSPS) is 27.3. The standard InChI is InChI=1S/C18H25N3O2S/c1-12-19-15(11-24-12)7-17(22)20-9-14-5-6-16(10-20)21(18(14)23)8-13-3-2-4-13/h11,13-14,16H,2-10H2,1H3/t14-,16+/m1/s1. The van der Waals surface area contributed by atoms with E-state index < -0.39 is 0 Å². The number of carbonyl (C=O) groups excluding carboxylic acids is 2. The second kappa shape index (κ2) is 6.47. The summed E-state index contributed by atoms with van der Waals surface area (Å²) in [5.74, 6) is 1.11. The first kappa shape index (κ1) is 16.1. The summed E-state index contributed by atoms with van der Waals surface area (Å²) in [4.78, 5) is 33.9. The minimum Gasteiger partial charge on any atom is -0.339 e. The molecule has 1 aromatic heterocycles. The predicted octanol–water partition coefficient (Wildman–Crippen LogP) is 2.24.